The molecule has 19 heavy (non-hydrogen) atoms. The van der Waals surface area contributed by atoms with Gasteiger partial charge in [-0.25, -0.2) is 0 Å². The third kappa shape index (κ3) is 3.43. The molecule has 102 valence electrons. The second-order valence-corrected chi connectivity index (χ2v) is 5.06. The zero-order valence-electron chi connectivity index (χ0n) is 10.8. The Morgan fingerprint density at radius 3 is 2.21 bits per heavy atom. The van der Waals surface area contributed by atoms with E-state index in [0.717, 1.165) is 6.42 Å². The normalized spacial score (nSPS) is 15.7. The minimum atomic E-state index is -4.39. The van der Waals surface area contributed by atoms with Crippen LogP contribution in [0.15, 0.2) is 34.5 Å². The van der Waals surface area contributed by atoms with E-state index < -0.39 is 11.9 Å². The molecule has 0 saturated carbocycles. The van der Waals surface area contributed by atoms with Crippen LogP contribution in [0.4, 0.5) is 13.2 Å². The van der Waals surface area contributed by atoms with Gasteiger partial charge < -0.3 is 0 Å². The summed E-state index contributed by atoms with van der Waals surface area (Å²) in [6, 6.07) is 7.49. The molecule has 0 aliphatic carbocycles. The summed E-state index contributed by atoms with van der Waals surface area (Å²) in [5, 5.41) is 6.84. The predicted molar refractivity (Wildman–Crippen MR) is 69.6 cm³/mol. The summed E-state index contributed by atoms with van der Waals surface area (Å²) in [6.45, 7) is 4.25. The molecule has 1 heterocycles. The van der Waals surface area contributed by atoms with Gasteiger partial charge in [-0.15, -0.1) is 5.10 Å². The van der Waals surface area contributed by atoms with Crippen LogP contribution in [-0.2, 0) is 6.42 Å². The Bertz CT molecular complexity index is 510. The molecular weight excluding hydrogens is 253 g/mol. The maximum absolute atomic E-state index is 12.5. The van der Waals surface area contributed by atoms with Crippen LogP contribution in [0.1, 0.15) is 31.4 Å². The molecule has 0 atom stereocenters. The quantitative estimate of drug-likeness (QED) is 0.791. The molecule has 5 heteroatoms. The van der Waals surface area contributed by atoms with E-state index >= 15 is 0 Å². The zero-order valence-corrected chi connectivity index (χ0v) is 10.8. The largest absolute Gasteiger partial charge is 0.431 e. The van der Waals surface area contributed by atoms with Gasteiger partial charge >= 0.3 is 6.18 Å². The second-order valence-electron chi connectivity index (χ2n) is 5.06. The van der Waals surface area contributed by atoms with Crippen molar-refractivity contribution in [1.29, 1.82) is 0 Å². The molecule has 0 radical (unpaired) electrons. The smallest absolute Gasteiger partial charge is 0.165 e. The van der Waals surface area contributed by atoms with Crippen LogP contribution in [0.5, 0.6) is 0 Å². The summed E-state index contributed by atoms with van der Waals surface area (Å²) in [4.78, 5) is 0. The van der Waals surface area contributed by atoms with E-state index in [9.17, 15) is 13.2 Å². The average Bonchev–Trinajstić information content (AvgIpc) is 2.78. The fraction of sp³-hybridized carbons (Fsp3) is 0.429. The first-order chi connectivity index (χ1) is 8.86. The van der Waals surface area contributed by atoms with Crippen LogP contribution in [0, 0.1) is 5.92 Å². The van der Waals surface area contributed by atoms with Crippen LogP contribution in [0.2, 0.25) is 0 Å². The van der Waals surface area contributed by atoms with Gasteiger partial charge in [-0.05, 0) is 23.5 Å². The highest BCUT2D eigenvalue weighted by atomic mass is 19.4. The first-order valence-corrected chi connectivity index (χ1v) is 6.16. The molecule has 0 aromatic heterocycles. The van der Waals surface area contributed by atoms with Gasteiger partial charge in [-0.2, -0.15) is 18.3 Å². The van der Waals surface area contributed by atoms with Gasteiger partial charge in [0.15, 0.2) is 0 Å². The molecule has 0 fully saturated rings. The number of hydrogen-bond donors (Lipinski definition) is 0. The molecule has 2 nitrogen and oxygen atoms in total. The number of nitrogens with zero attached hydrogens (tertiary/aromatic N) is 2. The topological polar surface area (TPSA) is 24.7 Å². The van der Waals surface area contributed by atoms with Crippen molar-refractivity contribution in [3.63, 3.8) is 0 Å². The first kappa shape index (κ1) is 13.8. The lowest BCUT2D eigenvalue weighted by atomic mass is 9.99. The van der Waals surface area contributed by atoms with E-state index in [1.807, 2.05) is 24.3 Å². The van der Waals surface area contributed by atoms with Gasteiger partial charge in [-0.1, -0.05) is 38.1 Å². The summed E-state index contributed by atoms with van der Waals surface area (Å²) in [5.41, 5.74) is 1.43. The Morgan fingerprint density at radius 2 is 1.74 bits per heavy atom. The number of hydrogen-bond acceptors (Lipinski definition) is 2. The number of alkyl halides is 3. The molecule has 0 bridgehead atoms. The Morgan fingerprint density at radius 1 is 1.11 bits per heavy atom. The van der Waals surface area contributed by atoms with Crippen LogP contribution in [0.3, 0.4) is 0 Å². The van der Waals surface area contributed by atoms with Crippen molar-refractivity contribution >= 4 is 11.4 Å². The van der Waals surface area contributed by atoms with E-state index in [1.54, 1.807) is 0 Å². The van der Waals surface area contributed by atoms with Crippen LogP contribution in [0.25, 0.3) is 0 Å². The van der Waals surface area contributed by atoms with Crippen LogP contribution >= 0.6 is 0 Å². The Hall–Kier alpha value is -1.65. The van der Waals surface area contributed by atoms with E-state index in [0.29, 0.717) is 17.2 Å². The zero-order chi connectivity index (χ0) is 14.0. The fourth-order valence-electron chi connectivity index (χ4n) is 1.97. The lowest BCUT2D eigenvalue weighted by Gasteiger charge is -2.07. The van der Waals surface area contributed by atoms with Crippen LogP contribution < -0.4 is 0 Å². The number of rotatable bonds is 3. The highest BCUT2D eigenvalue weighted by Gasteiger charge is 2.38. The van der Waals surface area contributed by atoms with Crippen molar-refractivity contribution in [2.45, 2.75) is 32.9 Å². The lowest BCUT2D eigenvalue weighted by molar-refractivity contribution is -0.0596. The summed E-state index contributed by atoms with van der Waals surface area (Å²) >= 11 is 0. The van der Waals surface area contributed by atoms with Crippen molar-refractivity contribution in [3.8, 4) is 0 Å². The predicted octanol–water partition coefficient (Wildman–Crippen LogP) is 4.00. The molecule has 0 spiro atoms. The lowest BCUT2D eigenvalue weighted by Crippen LogP contribution is -2.22. The molecule has 1 aliphatic rings. The highest BCUT2D eigenvalue weighted by molar-refractivity contribution is 6.16. The molecule has 1 aliphatic heterocycles. The summed E-state index contributed by atoms with van der Waals surface area (Å²) in [5.74, 6) is 0.551. The molecule has 0 amide bonds. The Labute approximate surface area is 110 Å². The average molecular weight is 268 g/mol. The molecule has 0 N–H and O–H groups in total. The Balaban J connectivity index is 2.06. The van der Waals surface area contributed by atoms with Gasteiger partial charge in [0.05, 0.1) is 5.71 Å². The summed E-state index contributed by atoms with van der Waals surface area (Å²) in [6.07, 6.45) is -3.67. The molecule has 2 rings (SSSR count). The van der Waals surface area contributed by atoms with Gasteiger partial charge in [0.1, 0.15) is 5.71 Å². The Kier molecular flexibility index (Phi) is 3.73. The van der Waals surface area contributed by atoms with Crippen molar-refractivity contribution in [3.05, 3.63) is 35.4 Å². The van der Waals surface area contributed by atoms with Crippen molar-refractivity contribution < 1.29 is 13.2 Å². The molecule has 0 unspecified atom stereocenters. The summed E-state index contributed by atoms with van der Waals surface area (Å²) in [7, 11) is 0. The van der Waals surface area contributed by atoms with E-state index in [1.165, 1.54) is 5.56 Å². The highest BCUT2D eigenvalue weighted by Crippen LogP contribution is 2.25. The minimum Gasteiger partial charge on any atom is -0.165 e. The molecule has 1 aromatic rings. The van der Waals surface area contributed by atoms with Crippen molar-refractivity contribution in [2.75, 3.05) is 0 Å². The van der Waals surface area contributed by atoms with E-state index in [-0.39, 0.29) is 6.42 Å². The number of halogens is 3. The van der Waals surface area contributed by atoms with E-state index in [2.05, 4.69) is 24.1 Å². The van der Waals surface area contributed by atoms with Crippen molar-refractivity contribution in [2.24, 2.45) is 16.1 Å². The third-order valence-electron chi connectivity index (χ3n) is 2.88. The van der Waals surface area contributed by atoms with Crippen molar-refractivity contribution in [1.82, 2.24) is 0 Å². The third-order valence-corrected chi connectivity index (χ3v) is 2.88. The van der Waals surface area contributed by atoms with Gasteiger partial charge in [0.2, 0.25) is 0 Å². The SMILES string of the molecule is CC(C)Cc1ccc(C2=NN=C(C(F)(F)F)C2)cc1. The minimum absolute atomic E-state index is 0.243. The first-order valence-electron chi connectivity index (χ1n) is 6.16. The van der Waals surface area contributed by atoms with Gasteiger partial charge in [-0.3, -0.25) is 0 Å². The maximum atomic E-state index is 12.5. The fourth-order valence-corrected chi connectivity index (χ4v) is 1.97. The molecule has 1 aromatic carbocycles. The molecular formula is C14H15F3N2. The number of benzene rings is 1. The second kappa shape index (κ2) is 5.15. The van der Waals surface area contributed by atoms with E-state index in [4.69, 9.17) is 0 Å². The van der Waals surface area contributed by atoms with Gasteiger partial charge in [0.25, 0.3) is 0 Å². The monoisotopic (exact) mass is 268 g/mol. The summed E-state index contributed by atoms with van der Waals surface area (Å²) < 4.78 is 37.4. The standard InChI is InChI=1S/C14H15F3N2/c1-9(2)7-10-3-5-11(6-4-10)12-8-13(19-18-12)14(15,16)17/h3-6,9H,7-8H2,1-2H3. The maximum Gasteiger partial charge on any atom is 0.431 e. The van der Waals surface area contributed by atoms with Gasteiger partial charge in [0, 0.05) is 6.42 Å². The van der Waals surface area contributed by atoms with Crippen LogP contribution in [-0.4, -0.2) is 17.6 Å². The molecule has 0 saturated heterocycles.